The SMILES string of the molecule is Cc1cc2n(n1)C1(n3c(C)cc(C)[n+]3C3(n4nc(C)cc4-c4cccc[n+]43)[n+]3c(C)cc(C)n31)[n+]1ccccc1-2. The fraction of sp³-hybridized carbons (Fsp3) is 0.267. The van der Waals surface area contributed by atoms with Gasteiger partial charge in [-0.25, -0.2) is 0 Å². The molecular weight excluding hydrogens is 500 g/mol. The molecule has 9 rings (SSSR count). The van der Waals surface area contributed by atoms with Crippen LogP contribution in [-0.4, -0.2) is 28.9 Å². The number of hydrogen-bond acceptors (Lipinski definition) is 2. The Balaban J connectivity index is 1.58. The van der Waals surface area contributed by atoms with E-state index in [4.69, 9.17) is 10.2 Å². The Kier molecular flexibility index (Phi) is 3.65. The Labute approximate surface area is 230 Å². The van der Waals surface area contributed by atoms with E-state index in [9.17, 15) is 0 Å². The van der Waals surface area contributed by atoms with Crippen LogP contribution in [0.2, 0.25) is 0 Å². The van der Waals surface area contributed by atoms with Crippen molar-refractivity contribution in [3.05, 3.63) is 107 Å². The van der Waals surface area contributed by atoms with Gasteiger partial charge in [-0.2, -0.15) is 10.2 Å². The van der Waals surface area contributed by atoms with E-state index < -0.39 is 11.8 Å². The largest absolute Gasteiger partial charge is 0.723 e. The molecule has 0 radical (unpaired) electrons. The van der Waals surface area contributed by atoms with Crippen LogP contribution in [0.4, 0.5) is 0 Å². The predicted molar refractivity (Wildman–Crippen MR) is 142 cm³/mol. The summed E-state index contributed by atoms with van der Waals surface area (Å²) in [7, 11) is 0. The fourth-order valence-corrected chi connectivity index (χ4v) is 7.76. The lowest BCUT2D eigenvalue weighted by atomic mass is 10.2. The Bertz CT molecular complexity index is 1900. The van der Waals surface area contributed by atoms with Gasteiger partial charge in [0.05, 0.1) is 32.1 Å². The van der Waals surface area contributed by atoms with Gasteiger partial charge in [-0.1, -0.05) is 4.68 Å². The van der Waals surface area contributed by atoms with Crippen molar-refractivity contribution in [2.24, 2.45) is 0 Å². The molecule has 0 amide bonds. The monoisotopic (exact) mass is 530 g/mol. The quantitative estimate of drug-likeness (QED) is 0.278. The Hall–Kier alpha value is -4.86. The molecule has 2 spiro atoms. The molecular formula is C30H30N10+4. The first-order valence-corrected chi connectivity index (χ1v) is 13.7. The highest BCUT2D eigenvalue weighted by molar-refractivity contribution is 5.55. The summed E-state index contributed by atoms with van der Waals surface area (Å²) in [6.45, 7) is 12.9. The zero-order chi connectivity index (χ0) is 27.3. The molecule has 0 fully saturated rings. The van der Waals surface area contributed by atoms with Crippen LogP contribution in [0.15, 0.2) is 73.1 Å². The van der Waals surface area contributed by atoms with Crippen molar-refractivity contribution in [3.8, 4) is 22.8 Å². The molecule has 0 aliphatic carbocycles. The zero-order valence-electron chi connectivity index (χ0n) is 23.4. The van der Waals surface area contributed by atoms with Gasteiger partial charge in [0, 0.05) is 50.2 Å². The second kappa shape index (κ2) is 6.64. The highest BCUT2D eigenvalue weighted by atomic mass is 15.9. The zero-order valence-corrected chi connectivity index (χ0v) is 23.4. The summed E-state index contributed by atoms with van der Waals surface area (Å²) in [6, 6.07) is 21.7. The standard InChI is InChI=1S/C30H30N10/c1-19-15-27-25-11-7-9-13-33(25)29(35(27)31-19)37-21(3)17-23(5)39(37)30(40-24(6)18-22(4)38(29)40)34-14-10-8-12-26(34)28-16-20(2)32-36(28)30/h7-18H,1-6H3/q+4. The predicted octanol–water partition coefficient (Wildman–Crippen LogP) is 1.38. The average molecular weight is 531 g/mol. The molecule has 196 valence electrons. The van der Waals surface area contributed by atoms with Crippen molar-refractivity contribution in [2.45, 2.75) is 53.4 Å². The van der Waals surface area contributed by atoms with Crippen LogP contribution in [0.1, 0.15) is 34.2 Å². The van der Waals surface area contributed by atoms with Crippen LogP contribution >= 0.6 is 0 Å². The third-order valence-electron chi connectivity index (χ3n) is 8.83. The minimum Gasteiger partial charge on any atom is -0.168 e. The second-order valence-corrected chi connectivity index (χ2v) is 11.4. The first kappa shape index (κ1) is 22.0. The van der Waals surface area contributed by atoms with Crippen LogP contribution in [-0.2, 0) is 11.8 Å². The van der Waals surface area contributed by atoms with Gasteiger partial charge in [0.15, 0.2) is 18.1 Å². The molecule has 3 aliphatic heterocycles. The van der Waals surface area contributed by atoms with Gasteiger partial charge >= 0.3 is 11.8 Å². The Morgan fingerprint density at radius 3 is 1.70 bits per heavy atom. The molecule has 10 nitrogen and oxygen atoms in total. The summed E-state index contributed by atoms with van der Waals surface area (Å²) in [6.07, 6.45) is 4.35. The van der Waals surface area contributed by atoms with Crippen LogP contribution in [0.25, 0.3) is 22.8 Å². The molecule has 9 heterocycles. The van der Waals surface area contributed by atoms with Crippen LogP contribution in [0.5, 0.6) is 0 Å². The van der Waals surface area contributed by atoms with Gasteiger partial charge in [0.1, 0.15) is 5.69 Å². The van der Waals surface area contributed by atoms with E-state index in [1.165, 1.54) is 0 Å². The first-order valence-electron chi connectivity index (χ1n) is 13.7. The molecule has 0 saturated heterocycles. The number of aromatic nitrogens is 10. The Morgan fingerprint density at radius 2 is 1.10 bits per heavy atom. The normalized spacial score (nSPS) is 20.9. The highest BCUT2D eigenvalue weighted by Gasteiger charge is 2.84. The molecule has 0 N–H and O–H groups in total. The molecule has 0 saturated carbocycles. The van der Waals surface area contributed by atoms with Gasteiger partial charge in [-0.05, 0) is 65.9 Å². The van der Waals surface area contributed by atoms with Crippen molar-refractivity contribution in [1.82, 2.24) is 28.9 Å². The minimum atomic E-state index is -0.886. The number of rotatable bonds is 0. The smallest absolute Gasteiger partial charge is 0.168 e. The van der Waals surface area contributed by atoms with Crippen molar-refractivity contribution >= 4 is 0 Å². The summed E-state index contributed by atoms with van der Waals surface area (Å²) < 4.78 is 18.7. The van der Waals surface area contributed by atoms with Gasteiger partial charge in [0.25, 0.3) is 0 Å². The third kappa shape index (κ3) is 2.05. The summed E-state index contributed by atoms with van der Waals surface area (Å²) in [5.74, 6) is -1.77. The highest BCUT2D eigenvalue weighted by Crippen LogP contribution is 2.38. The summed E-state index contributed by atoms with van der Waals surface area (Å²) >= 11 is 0. The van der Waals surface area contributed by atoms with Crippen LogP contribution in [0, 0.1) is 41.5 Å². The van der Waals surface area contributed by atoms with E-state index in [-0.39, 0.29) is 0 Å². The first-order chi connectivity index (χ1) is 19.3. The van der Waals surface area contributed by atoms with E-state index in [0.717, 1.165) is 56.9 Å². The maximum atomic E-state index is 5.19. The molecule has 6 aromatic rings. The summed E-state index contributed by atoms with van der Waals surface area (Å²) in [5, 5.41) is 10.4. The van der Waals surface area contributed by atoms with Crippen molar-refractivity contribution in [1.29, 1.82) is 0 Å². The van der Waals surface area contributed by atoms with Crippen molar-refractivity contribution < 1.29 is 18.5 Å². The lowest BCUT2D eigenvalue weighted by molar-refractivity contribution is -1.23. The molecule has 6 aromatic heterocycles. The molecule has 0 atom stereocenters. The Morgan fingerprint density at radius 1 is 0.600 bits per heavy atom. The molecule has 0 bridgehead atoms. The van der Waals surface area contributed by atoms with Gasteiger partial charge in [-0.15, -0.1) is 9.25 Å². The molecule has 10 heteroatoms. The van der Waals surface area contributed by atoms with Crippen LogP contribution < -0.4 is 18.5 Å². The van der Waals surface area contributed by atoms with E-state index in [2.05, 4.69) is 152 Å². The fourth-order valence-electron chi connectivity index (χ4n) is 7.76. The minimum absolute atomic E-state index is 0.886. The van der Waals surface area contributed by atoms with Crippen LogP contribution in [0.3, 0.4) is 0 Å². The maximum absolute atomic E-state index is 5.19. The number of aryl methyl sites for hydroxylation is 6. The van der Waals surface area contributed by atoms with E-state index in [0.29, 0.717) is 0 Å². The maximum Gasteiger partial charge on any atom is 0.723 e. The van der Waals surface area contributed by atoms with E-state index in [1.54, 1.807) is 0 Å². The molecule has 0 aromatic carbocycles. The van der Waals surface area contributed by atoms with E-state index >= 15 is 0 Å². The lowest BCUT2D eigenvalue weighted by Gasteiger charge is -2.30. The van der Waals surface area contributed by atoms with Crippen molar-refractivity contribution in [3.63, 3.8) is 0 Å². The second-order valence-electron chi connectivity index (χ2n) is 11.4. The van der Waals surface area contributed by atoms with Gasteiger partial charge in [0.2, 0.25) is 22.8 Å². The third-order valence-corrected chi connectivity index (χ3v) is 8.83. The topological polar surface area (TPSA) is 61.0 Å². The van der Waals surface area contributed by atoms with Crippen molar-refractivity contribution in [2.75, 3.05) is 0 Å². The lowest BCUT2D eigenvalue weighted by Crippen LogP contribution is -2.99. The number of pyridine rings is 2. The summed E-state index contributed by atoms with van der Waals surface area (Å²) in [4.78, 5) is 0. The van der Waals surface area contributed by atoms with E-state index in [1.807, 2.05) is 0 Å². The molecule has 3 aliphatic rings. The summed E-state index contributed by atoms with van der Waals surface area (Å²) in [5.41, 5.74) is 10.8. The number of nitrogens with zero attached hydrogens (tertiary/aromatic N) is 10. The van der Waals surface area contributed by atoms with Gasteiger partial charge in [-0.3, -0.25) is 0 Å². The molecule has 0 unspecified atom stereocenters. The number of hydrogen-bond donors (Lipinski definition) is 0. The average Bonchev–Trinajstić information content (AvgIpc) is 3.74. The van der Waals surface area contributed by atoms with Gasteiger partial charge < -0.3 is 0 Å². The number of fused-ring (bicyclic) bond motifs is 16. The molecule has 40 heavy (non-hydrogen) atoms.